The molecule has 8 heteroatoms. The van der Waals surface area contributed by atoms with Crippen LogP contribution in [-0.4, -0.2) is 45.1 Å². The SMILES string of the molecule is CN1CCCC(Cc2cnn3cc([C@@H](NC(=O)OCc4ccccc4)C4CCCCCC4)nc3c2)C1=O. The maximum Gasteiger partial charge on any atom is 0.408 e. The summed E-state index contributed by atoms with van der Waals surface area (Å²) in [5.74, 6) is 0.505. The number of rotatable bonds is 7. The van der Waals surface area contributed by atoms with E-state index in [2.05, 4.69) is 10.4 Å². The van der Waals surface area contributed by atoms with Crippen molar-refractivity contribution in [3.05, 3.63) is 65.6 Å². The Balaban J connectivity index is 1.33. The van der Waals surface area contributed by atoms with Crippen molar-refractivity contribution in [3.63, 3.8) is 0 Å². The first-order valence-electron chi connectivity index (χ1n) is 13.6. The number of ether oxygens (including phenoxy) is 1. The molecule has 0 bridgehead atoms. The smallest absolute Gasteiger partial charge is 0.408 e. The minimum absolute atomic E-state index is 0.00257. The molecule has 1 aromatic carbocycles. The largest absolute Gasteiger partial charge is 0.445 e. The van der Waals surface area contributed by atoms with Gasteiger partial charge in [-0.1, -0.05) is 56.0 Å². The molecule has 1 saturated carbocycles. The zero-order chi connectivity index (χ0) is 25.6. The van der Waals surface area contributed by atoms with E-state index in [-0.39, 0.29) is 24.5 Å². The molecule has 1 saturated heterocycles. The van der Waals surface area contributed by atoms with E-state index in [1.165, 1.54) is 12.8 Å². The molecule has 2 aromatic heterocycles. The van der Waals surface area contributed by atoms with Crippen molar-refractivity contribution in [2.75, 3.05) is 13.6 Å². The minimum Gasteiger partial charge on any atom is -0.445 e. The van der Waals surface area contributed by atoms with Crippen LogP contribution in [-0.2, 0) is 22.6 Å². The van der Waals surface area contributed by atoms with Crippen LogP contribution in [0.15, 0.2) is 48.8 Å². The maximum atomic E-state index is 12.9. The molecule has 5 rings (SSSR count). The van der Waals surface area contributed by atoms with Gasteiger partial charge in [-0.05, 0) is 55.2 Å². The lowest BCUT2D eigenvalue weighted by Gasteiger charge is -2.29. The van der Waals surface area contributed by atoms with Gasteiger partial charge in [-0.25, -0.2) is 14.3 Å². The predicted octanol–water partition coefficient (Wildman–Crippen LogP) is 5.08. The second-order valence-electron chi connectivity index (χ2n) is 10.6. The molecule has 2 aliphatic rings. The van der Waals surface area contributed by atoms with E-state index < -0.39 is 6.09 Å². The van der Waals surface area contributed by atoms with Gasteiger partial charge in [-0.15, -0.1) is 0 Å². The van der Waals surface area contributed by atoms with Crippen LogP contribution in [0.3, 0.4) is 0 Å². The molecule has 2 fully saturated rings. The number of hydrogen-bond acceptors (Lipinski definition) is 5. The van der Waals surface area contributed by atoms with E-state index in [1.54, 1.807) is 4.52 Å². The van der Waals surface area contributed by atoms with Crippen molar-refractivity contribution in [1.82, 2.24) is 24.8 Å². The second-order valence-corrected chi connectivity index (χ2v) is 10.6. The number of nitrogens with zero attached hydrogens (tertiary/aromatic N) is 4. The molecule has 3 heterocycles. The van der Waals surface area contributed by atoms with Crippen molar-refractivity contribution in [2.24, 2.45) is 11.8 Å². The van der Waals surface area contributed by atoms with Gasteiger partial charge in [0.15, 0.2) is 5.65 Å². The third-order valence-corrected chi connectivity index (χ3v) is 7.83. The summed E-state index contributed by atoms with van der Waals surface area (Å²) in [5, 5.41) is 7.74. The average molecular weight is 504 g/mol. The minimum atomic E-state index is -0.427. The van der Waals surface area contributed by atoms with Gasteiger partial charge in [-0.2, -0.15) is 5.10 Å². The summed E-state index contributed by atoms with van der Waals surface area (Å²) in [4.78, 5) is 32.2. The second kappa shape index (κ2) is 11.8. The number of likely N-dealkylation sites (tertiary alicyclic amines) is 1. The summed E-state index contributed by atoms with van der Waals surface area (Å²) in [6, 6.07) is 11.5. The van der Waals surface area contributed by atoms with E-state index in [1.807, 2.05) is 60.7 Å². The van der Waals surface area contributed by atoms with Crippen LogP contribution in [0.25, 0.3) is 5.65 Å². The third kappa shape index (κ3) is 6.29. The number of aromatic nitrogens is 3. The highest BCUT2D eigenvalue weighted by molar-refractivity contribution is 5.79. The summed E-state index contributed by atoms with van der Waals surface area (Å²) in [5.41, 5.74) is 3.51. The number of carbonyl (C=O) groups is 2. The zero-order valence-corrected chi connectivity index (χ0v) is 21.6. The van der Waals surface area contributed by atoms with Crippen molar-refractivity contribution < 1.29 is 14.3 Å². The van der Waals surface area contributed by atoms with E-state index >= 15 is 0 Å². The van der Waals surface area contributed by atoms with Gasteiger partial charge in [-0.3, -0.25) is 4.79 Å². The van der Waals surface area contributed by atoms with Crippen molar-refractivity contribution in [1.29, 1.82) is 0 Å². The number of fused-ring (bicyclic) bond motifs is 1. The topological polar surface area (TPSA) is 88.8 Å². The molecule has 37 heavy (non-hydrogen) atoms. The molecule has 0 radical (unpaired) electrons. The highest BCUT2D eigenvalue weighted by Gasteiger charge is 2.29. The Morgan fingerprint density at radius 1 is 1.08 bits per heavy atom. The number of amides is 2. The molecule has 0 spiro atoms. The van der Waals surface area contributed by atoms with Crippen LogP contribution < -0.4 is 5.32 Å². The summed E-state index contributed by atoms with van der Waals surface area (Å²) in [6.45, 7) is 1.06. The Bertz CT molecular complexity index is 1200. The van der Waals surface area contributed by atoms with E-state index in [0.717, 1.165) is 67.5 Å². The molecular weight excluding hydrogens is 466 g/mol. The molecule has 196 valence electrons. The van der Waals surface area contributed by atoms with E-state index in [0.29, 0.717) is 12.3 Å². The van der Waals surface area contributed by atoms with Crippen LogP contribution in [0.4, 0.5) is 4.79 Å². The average Bonchev–Trinajstić information content (AvgIpc) is 3.14. The first-order valence-corrected chi connectivity index (χ1v) is 13.6. The van der Waals surface area contributed by atoms with Crippen LogP contribution in [0.5, 0.6) is 0 Å². The Labute approximate surface area is 218 Å². The van der Waals surface area contributed by atoms with Crippen LogP contribution >= 0.6 is 0 Å². The summed E-state index contributed by atoms with van der Waals surface area (Å²) in [7, 11) is 1.88. The molecular formula is C29H37N5O3. The van der Waals surface area contributed by atoms with Crippen LogP contribution in [0, 0.1) is 11.8 Å². The van der Waals surface area contributed by atoms with Gasteiger partial charge in [0.1, 0.15) is 6.61 Å². The number of benzene rings is 1. The molecule has 1 aliphatic carbocycles. The fraction of sp³-hybridized carbons (Fsp3) is 0.517. The summed E-state index contributed by atoms with van der Waals surface area (Å²) >= 11 is 0. The Kier molecular flexibility index (Phi) is 8.02. The Hall–Kier alpha value is -3.42. The number of carbonyl (C=O) groups excluding carboxylic acids is 2. The number of alkyl carbamates (subject to hydrolysis) is 1. The Morgan fingerprint density at radius 2 is 1.86 bits per heavy atom. The molecule has 1 N–H and O–H groups in total. The van der Waals surface area contributed by atoms with Crippen molar-refractivity contribution in [3.8, 4) is 0 Å². The first kappa shape index (κ1) is 25.2. The monoisotopic (exact) mass is 503 g/mol. The lowest BCUT2D eigenvalue weighted by molar-refractivity contribution is -0.136. The highest BCUT2D eigenvalue weighted by atomic mass is 16.5. The molecule has 8 nitrogen and oxygen atoms in total. The third-order valence-electron chi connectivity index (χ3n) is 7.83. The molecule has 1 unspecified atom stereocenters. The lowest BCUT2D eigenvalue weighted by Crippen LogP contribution is -2.39. The standard InChI is InChI=1S/C29H37N5O3/c1-33-15-9-14-24(28(33)35)16-22-17-26-31-25(19-34(26)30-18-22)27(23-12-7-2-3-8-13-23)32-29(36)37-20-21-10-5-4-6-11-21/h4-6,10-11,17-19,23-24,27H,2-3,7-9,12-16,20H2,1H3,(H,32,36)/t24?,27-/m0/s1. The quantitative estimate of drug-likeness (QED) is 0.454. The van der Waals surface area contributed by atoms with Gasteiger partial charge >= 0.3 is 6.09 Å². The number of imidazole rings is 1. The normalized spacial score (nSPS) is 20.0. The van der Waals surface area contributed by atoms with Gasteiger partial charge < -0.3 is 15.0 Å². The van der Waals surface area contributed by atoms with Gasteiger partial charge in [0.05, 0.1) is 24.1 Å². The van der Waals surface area contributed by atoms with Gasteiger partial charge in [0.25, 0.3) is 0 Å². The van der Waals surface area contributed by atoms with Crippen molar-refractivity contribution >= 4 is 17.6 Å². The van der Waals surface area contributed by atoms with Gasteiger partial charge in [0, 0.05) is 19.5 Å². The molecule has 2 atom stereocenters. The number of nitrogens with one attached hydrogen (secondary N) is 1. The fourth-order valence-electron chi connectivity index (χ4n) is 5.76. The van der Waals surface area contributed by atoms with E-state index in [9.17, 15) is 9.59 Å². The summed E-state index contributed by atoms with van der Waals surface area (Å²) in [6.07, 6.45) is 12.8. The number of hydrogen-bond donors (Lipinski definition) is 1. The van der Waals surface area contributed by atoms with Crippen LogP contribution in [0.1, 0.15) is 74.2 Å². The zero-order valence-electron chi connectivity index (χ0n) is 21.6. The fourth-order valence-corrected chi connectivity index (χ4v) is 5.76. The molecule has 2 amide bonds. The lowest BCUT2D eigenvalue weighted by atomic mass is 9.90. The first-order chi connectivity index (χ1) is 18.1. The summed E-state index contributed by atoms with van der Waals surface area (Å²) < 4.78 is 7.33. The number of piperidine rings is 1. The molecule has 1 aliphatic heterocycles. The van der Waals surface area contributed by atoms with Crippen molar-refractivity contribution in [2.45, 2.75) is 70.4 Å². The predicted molar refractivity (Wildman–Crippen MR) is 141 cm³/mol. The van der Waals surface area contributed by atoms with Gasteiger partial charge in [0.2, 0.25) is 5.91 Å². The highest BCUT2D eigenvalue weighted by Crippen LogP contribution is 2.33. The Morgan fingerprint density at radius 3 is 2.65 bits per heavy atom. The molecule has 3 aromatic rings. The van der Waals surface area contributed by atoms with E-state index in [4.69, 9.17) is 9.72 Å². The maximum absolute atomic E-state index is 12.9. The van der Waals surface area contributed by atoms with Crippen LogP contribution in [0.2, 0.25) is 0 Å².